The van der Waals surface area contributed by atoms with Gasteiger partial charge in [-0.25, -0.2) is 0 Å². The normalized spacial score (nSPS) is 14.7. The van der Waals surface area contributed by atoms with E-state index in [2.05, 4.69) is 6.92 Å². The first-order chi connectivity index (χ1) is 9.84. The molecule has 20 heavy (non-hydrogen) atoms. The van der Waals surface area contributed by atoms with Crippen LogP contribution in [0.15, 0.2) is 0 Å². The summed E-state index contributed by atoms with van der Waals surface area (Å²) in [6, 6.07) is 0. The number of carbonyl (C=O) groups is 1. The van der Waals surface area contributed by atoms with Crippen molar-refractivity contribution in [1.82, 2.24) is 0 Å². The number of ketones is 1. The van der Waals surface area contributed by atoms with Crippen molar-refractivity contribution in [3.63, 3.8) is 0 Å². The smallest absolute Gasteiger partial charge is 0.161 e. The Morgan fingerprint density at radius 3 is 1.85 bits per heavy atom. The molecule has 0 radical (unpaired) electrons. The van der Waals surface area contributed by atoms with E-state index < -0.39 is 0 Å². The molecular weight excluding hydrogens is 260 g/mol. The zero-order chi connectivity index (χ0) is 14.5. The van der Waals surface area contributed by atoms with E-state index in [1.54, 1.807) is 0 Å². The molecule has 0 atom stereocenters. The van der Waals surface area contributed by atoms with Crippen molar-refractivity contribution in [2.75, 3.05) is 52.9 Å². The van der Waals surface area contributed by atoms with Gasteiger partial charge in [0.15, 0.2) is 5.78 Å². The van der Waals surface area contributed by atoms with Crippen molar-refractivity contribution in [2.45, 2.75) is 32.6 Å². The van der Waals surface area contributed by atoms with Gasteiger partial charge in [-0.15, -0.1) is 0 Å². The van der Waals surface area contributed by atoms with Crippen molar-refractivity contribution in [3.05, 3.63) is 0 Å². The second-order valence-electron chi connectivity index (χ2n) is 4.98. The van der Waals surface area contributed by atoms with Gasteiger partial charge in [-0.05, 0) is 19.3 Å². The monoisotopic (exact) mass is 288 g/mol. The van der Waals surface area contributed by atoms with Crippen molar-refractivity contribution in [3.8, 4) is 0 Å². The predicted octanol–water partition coefficient (Wildman–Crippen LogP) is 1.83. The van der Waals surface area contributed by atoms with Crippen LogP contribution in [0.4, 0.5) is 0 Å². The van der Waals surface area contributed by atoms with E-state index >= 15 is 0 Å². The van der Waals surface area contributed by atoms with E-state index in [0.29, 0.717) is 39.6 Å². The molecule has 1 rings (SSSR count). The molecule has 0 aromatic carbocycles. The molecule has 0 amide bonds. The molecule has 0 unspecified atom stereocenters. The van der Waals surface area contributed by atoms with E-state index in [0.717, 1.165) is 32.3 Å². The van der Waals surface area contributed by atoms with Crippen LogP contribution in [0.1, 0.15) is 32.6 Å². The van der Waals surface area contributed by atoms with E-state index in [4.69, 9.17) is 18.9 Å². The summed E-state index contributed by atoms with van der Waals surface area (Å²) >= 11 is 0. The highest BCUT2D eigenvalue weighted by Gasteiger charge is 2.28. The van der Waals surface area contributed by atoms with Gasteiger partial charge < -0.3 is 18.9 Å². The lowest BCUT2D eigenvalue weighted by Gasteiger charge is -2.07. The van der Waals surface area contributed by atoms with Gasteiger partial charge in [0, 0.05) is 12.5 Å². The average molecular weight is 288 g/mol. The highest BCUT2D eigenvalue weighted by molar-refractivity contribution is 5.84. The molecule has 0 N–H and O–H groups in total. The lowest BCUT2D eigenvalue weighted by Crippen LogP contribution is -2.15. The van der Waals surface area contributed by atoms with Crippen LogP contribution in [0.2, 0.25) is 0 Å². The summed E-state index contributed by atoms with van der Waals surface area (Å²) in [6.07, 6.45) is 4.34. The number of hydrogen-bond acceptors (Lipinski definition) is 5. The molecule has 0 bridgehead atoms. The summed E-state index contributed by atoms with van der Waals surface area (Å²) < 4.78 is 21.3. The first-order valence-electron chi connectivity index (χ1n) is 7.68. The first-order valence-corrected chi connectivity index (χ1v) is 7.68. The highest BCUT2D eigenvalue weighted by Crippen LogP contribution is 2.29. The largest absolute Gasteiger partial charge is 0.379 e. The fourth-order valence-electron chi connectivity index (χ4n) is 1.60. The first kappa shape index (κ1) is 17.6. The molecule has 0 aromatic heterocycles. The van der Waals surface area contributed by atoms with Crippen LogP contribution in [0.3, 0.4) is 0 Å². The van der Waals surface area contributed by atoms with Crippen LogP contribution in [0.5, 0.6) is 0 Å². The van der Waals surface area contributed by atoms with Gasteiger partial charge in [0.05, 0.1) is 39.6 Å². The second kappa shape index (κ2) is 12.3. The van der Waals surface area contributed by atoms with Crippen LogP contribution >= 0.6 is 0 Å². The van der Waals surface area contributed by atoms with Gasteiger partial charge in [-0.3, -0.25) is 4.79 Å². The van der Waals surface area contributed by atoms with Gasteiger partial charge in [0.2, 0.25) is 0 Å². The SMILES string of the molecule is CCCCOCCOCCOCCOCC(=O)C1CC1. The summed E-state index contributed by atoms with van der Waals surface area (Å²) in [4.78, 5) is 11.3. The molecule has 5 nitrogen and oxygen atoms in total. The Balaban J connectivity index is 1.67. The molecule has 1 aliphatic carbocycles. The molecule has 0 heterocycles. The number of unbranched alkanes of at least 4 members (excludes halogenated alkanes) is 1. The Labute approximate surface area is 121 Å². The van der Waals surface area contributed by atoms with Crippen LogP contribution < -0.4 is 0 Å². The van der Waals surface area contributed by atoms with Gasteiger partial charge in [-0.1, -0.05) is 13.3 Å². The van der Waals surface area contributed by atoms with Crippen LogP contribution in [-0.2, 0) is 23.7 Å². The van der Waals surface area contributed by atoms with E-state index in [-0.39, 0.29) is 18.3 Å². The molecule has 0 aliphatic heterocycles. The number of Topliss-reactive ketones (excluding diaryl/α,β-unsaturated/α-hetero) is 1. The Morgan fingerprint density at radius 1 is 0.850 bits per heavy atom. The predicted molar refractivity (Wildman–Crippen MR) is 75.9 cm³/mol. The summed E-state index contributed by atoms with van der Waals surface area (Å²) in [6.45, 7) is 6.54. The molecule has 0 aromatic rings. The summed E-state index contributed by atoms with van der Waals surface area (Å²) in [5.74, 6) is 0.514. The third-order valence-corrected chi connectivity index (χ3v) is 3.04. The average Bonchev–Trinajstić information content (AvgIpc) is 3.28. The molecular formula is C15H28O5. The van der Waals surface area contributed by atoms with Crippen LogP contribution in [-0.4, -0.2) is 58.6 Å². The van der Waals surface area contributed by atoms with Crippen LogP contribution in [0, 0.1) is 5.92 Å². The fourth-order valence-corrected chi connectivity index (χ4v) is 1.60. The lowest BCUT2D eigenvalue weighted by molar-refractivity contribution is -0.125. The lowest BCUT2D eigenvalue weighted by atomic mass is 10.3. The molecule has 1 saturated carbocycles. The minimum atomic E-state index is 0.233. The van der Waals surface area contributed by atoms with E-state index in [9.17, 15) is 4.79 Å². The zero-order valence-electron chi connectivity index (χ0n) is 12.6. The molecule has 118 valence electrons. The number of ether oxygens (including phenoxy) is 4. The Bertz CT molecular complexity index is 240. The maximum absolute atomic E-state index is 11.3. The minimum Gasteiger partial charge on any atom is -0.379 e. The van der Waals surface area contributed by atoms with Gasteiger partial charge in [-0.2, -0.15) is 0 Å². The third kappa shape index (κ3) is 10.3. The number of rotatable bonds is 15. The zero-order valence-corrected chi connectivity index (χ0v) is 12.6. The Morgan fingerprint density at radius 2 is 1.35 bits per heavy atom. The molecule has 1 aliphatic rings. The fraction of sp³-hybridized carbons (Fsp3) is 0.933. The van der Waals surface area contributed by atoms with Gasteiger partial charge in [0.25, 0.3) is 0 Å². The number of hydrogen-bond donors (Lipinski definition) is 0. The Kier molecular flexibility index (Phi) is 10.8. The van der Waals surface area contributed by atoms with Crippen molar-refractivity contribution >= 4 is 5.78 Å². The molecule has 5 heteroatoms. The second-order valence-corrected chi connectivity index (χ2v) is 4.98. The standard InChI is InChI=1S/C15H28O5/c1-2-3-6-17-7-8-18-9-10-19-11-12-20-13-15(16)14-4-5-14/h14H,2-13H2,1H3. The minimum absolute atomic E-state index is 0.233. The molecule has 0 saturated heterocycles. The molecule has 1 fully saturated rings. The third-order valence-electron chi connectivity index (χ3n) is 3.04. The highest BCUT2D eigenvalue weighted by atomic mass is 16.6. The van der Waals surface area contributed by atoms with E-state index in [1.165, 1.54) is 0 Å². The quantitative estimate of drug-likeness (QED) is 0.430. The summed E-state index contributed by atoms with van der Waals surface area (Å²) in [7, 11) is 0. The topological polar surface area (TPSA) is 54.0 Å². The van der Waals surface area contributed by atoms with Gasteiger partial charge >= 0.3 is 0 Å². The Hall–Kier alpha value is -0.490. The maximum Gasteiger partial charge on any atom is 0.161 e. The molecule has 0 spiro atoms. The summed E-state index contributed by atoms with van der Waals surface area (Å²) in [5.41, 5.74) is 0. The van der Waals surface area contributed by atoms with Crippen molar-refractivity contribution in [1.29, 1.82) is 0 Å². The van der Waals surface area contributed by atoms with Gasteiger partial charge in [0.1, 0.15) is 6.61 Å². The van der Waals surface area contributed by atoms with Crippen molar-refractivity contribution in [2.24, 2.45) is 5.92 Å². The van der Waals surface area contributed by atoms with E-state index in [1.807, 2.05) is 0 Å². The summed E-state index contributed by atoms with van der Waals surface area (Å²) in [5, 5.41) is 0. The number of carbonyl (C=O) groups excluding carboxylic acids is 1. The maximum atomic E-state index is 11.3. The van der Waals surface area contributed by atoms with Crippen molar-refractivity contribution < 1.29 is 23.7 Å². The van der Waals surface area contributed by atoms with Crippen LogP contribution in [0.25, 0.3) is 0 Å².